The number of hydrogen-bond acceptors (Lipinski definition) is 6. The van der Waals surface area contributed by atoms with E-state index in [9.17, 15) is 9.59 Å². The number of likely N-dealkylation sites (tertiary alicyclic amines) is 1. The van der Waals surface area contributed by atoms with Crippen molar-refractivity contribution in [1.29, 1.82) is 0 Å². The molecule has 0 spiro atoms. The average molecular weight is 333 g/mol. The first-order chi connectivity index (χ1) is 11.5. The smallest absolute Gasteiger partial charge is 0.322 e. The molecule has 1 saturated carbocycles. The van der Waals surface area contributed by atoms with E-state index in [1.807, 2.05) is 6.92 Å². The molecule has 0 bridgehead atoms. The second-order valence-electron chi connectivity index (χ2n) is 7.39. The summed E-state index contributed by atoms with van der Waals surface area (Å²) in [4.78, 5) is 30.5. The van der Waals surface area contributed by atoms with Gasteiger partial charge in [-0.15, -0.1) is 0 Å². The van der Waals surface area contributed by atoms with Gasteiger partial charge < -0.3 is 9.84 Å². The van der Waals surface area contributed by atoms with Gasteiger partial charge in [0.25, 0.3) is 5.91 Å². The fourth-order valence-corrected chi connectivity index (χ4v) is 3.75. The molecule has 1 aromatic rings. The van der Waals surface area contributed by atoms with Gasteiger partial charge in [0.05, 0.1) is 6.04 Å². The first-order valence-corrected chi connectivity index (χ1v) is 8.68. The van der Waals surface area contributed by atoms with Crippen LogP contribution in [0.2, 0.25) is 0 Å². The second-order valence-corrected chi connectivity index (χ2v) is 7.39. The minimum atomic E-state index is -0.844. The minimum absolute atomic E-state index is 0.0107. The number of aromatic nitrogens is 2. The van der Waals surface area contributed by atoms with Gasteiger partial charge in [0.2, 0.25) is 5.89 Å². The summed E-state index contributed by atoms with van der Waals surface area (Å²) < 4.78 is 5.45. The zero-order valence-corrected chi connectivity index (χ0v) is 14.0. The van der Waals surface area contributed by atoms with Gasteiger partial charge in [0.15, 0.2) is 5.82 Å². The minimum Gasteiger partial charge on any atom is -0.338 e. The van der Waals surface area contributed by atoms with Gasteiger partial charge >= 0.3 is 6.03 Å². The van der Waals surface area contributed by atoms with E-state index < -0.39 is 11.6 Å². The van der Waals surface area contributed by atoms with Crippen molar-refractivity contribution in [3.05, 3.63) is 11.7 Å². The SMILES string of the molecule is C[C@H](c1nc(C2CC2)no1)N1CCC[C@@H]([C@]2(C)NC(=O)NC2=O)C1. The molecular weight excluding hydrogens is 310 g/mol. The van der Waals surface area contributed by atoms with E-state index in [0.29, 0.717) is 18.4 Å². The van der Waals surface area contributed by atoms with Crippen LogP contribution in [-0.2, 0) is 4.79 Å². The lowest BCUT2D eigenvalue weighted by Gasteiger charge is -2.41. The monoisotopic (exact) mass is 333 g/mol. The highest BCUT2D eigenvalue weighted by Gasteiger charge is 2.49. The molecule has 1 aromatic heterocycles. The Kier molecular flexibility index (Phi) is 3.59. The molecule has 3 aliphatic rings. The van der Waals surface area contributed by atoms with E-state index >= 15 is 0 Å². The van der Waals surface area contributed by atoms with Gasteiger partial charge in [-0.2, -0.15) is 4.98 Å². The maximum atomic E-state index is 12.2. The van der Waals surface area contributed by atoms with Crippen LogP contribution in [0, 0.1) is 5.92 Å². The number of urea groups is 1. The molecule has 130 valence electrons. The molecule has 24 heavy (non-hydrogen) atoms. The van der Waals surface area contributed by atoms with E-state index in [1.165, 1.54) is 0 Å². The van der Waals surface area contributed by atoms with Crippen LogP contribution >= 0.6 is 0 Å². The van der Waals surface area contributed by atoms with Gasteiger partial charge in [-0.05, 0) is 46.1 Å². The Balaban J connectivity index is 1.47. The van der Waals surface area contributed by atoms with Crippen LogP contribution in [0.3, 0.4) is 0 Å². The Labute approximate surface area is 140 Å². The molecule has 0 aromatic carbocycles. The number of imide groups is 1. The summed E-state index contributed by atoms with van der Waals surface area (Å²) in [5.41, 5.74) is -0.844. The molecular formula is C16H23N5O3. The van der Waals surface area contributed by atoms with Crippen LogP contribution in [0.25, 0.3) is 0 Å². The van der Waals surface area contributed by atoms with Gasteiger partial charge in [-0.25, -0.2) is 4.79 Å². The van der Waals surface area contributed by atoms with Crippen molar-refractivity contribution in [2.75, 3.05) is 13.1 Å². The number of carbonyl (C=O) groups is 2. The van der Waals surface area contributed by atoms with Gasteiger partial charge in [0.1, 0.15) is 5.54 Å². The van der Waals surface area contributed by atoms with Crippen LogP contribution < -0.4 is 10.6 Å². The zero-order chi connectivity index (χ0) is 16.9. The van der Waals surface area contributed by atoms with Gasteiger partial charge in [0, 0.05) is 18.4 Å². The summed E-state index contributed by atoms with van der Waals surface area (Å²) in [7, 11) is 0. The molecule has 3 atom stereocenters. The number of hydrogen-bond donors (Lipinski definition) is 2. The van der Waals surface area contributed by atoms with Crippen molar-refractivity contribution < 1.29 is 14.1 Å². The predicted molar refractivity (Wildman–Crippen MR) is 84.1 cm³/mol. The molecule has 0 radical (unpaired) electrons. The molecule has 3 heterocycles. The lowest BCUT2D eigenvalue weighted by Crippen LogP contribution is -2.56. The number of amides is 3. The zero-order valence-electron chi connectivity index (χ0n) is 14.0. The van der Waals surface area contributed by atoms with Crippen molar-refractivity contribution in [2.45, 2.75) is 57.0 Å². The van der Waals surface area contributed by atoms with Gasteiger partial charge in [-0.3, -0.25) is 15.0 Å². The highest BCUT2D eigenvalue weighted by Crippen LogP contribution is 2.39. The maximum absolute atomic E-state index is 12.2. The summed E-state index contributed by atoms with van der Waals surface area (Å²) in [6.07, 6.45) is 4.17. The van der Waals surface area contributed by atoms with E-state index in [1.54, 1.807) is 0 Å². The van der Waals surface area contributed by atoms with E-state index in [-0.39, 0.29) is 17.9 Å². The molecule has 3 fully saturated rings. The highest BCUT2D eigenvalue weighted by molar-refractivity contribution is 6.06. The van der Waals surface area contributed by atoms with E-state index in [0.717, 1.165) is 38.1 Å². The Morgan fingerprint density at radius 2 is 2.12 bits per heavy atom. The van der Waals surface area contributed by atoms with Crippen LogP contribution in [0.4, 0.5) is 4.79 Å². The molecule has 2 N–H and O–H groups in total. The molecule has 4 rings (SSSR count). The third kappa shape index (κ3) is 2.58. The first-order valence-electron chi connectivity index (χ1n) is 8.68. The number of nitrogens with one attached hydrogen (secondary N) is 2. The summed E-state index contributed by atoms with van der Waals surface area (Å²) in [5, 5.41) is 9.25. The molecule has 8 heteroatoms. The van der Waals surface area contributed by atoms with Crippen LogP contribution in [0.1, 0.15) is 63.2 Å². The van der Waals surface area contributed by atoms with Crippen molar-refractivity contribution >= 4 is 11.9 Å². The fraction of sp³-hybridized carbons (Fsp3) is 0.750. The van der Waals surface area contributed by atoms with Crippen molar-refractivity contribution in [2.24, 2.45) is 5.92 Å². The first kappa shape index (κ1) is 15.6. The predicted octanol–water partition coefficient (Wildman–Crippen LogP) is 1.32. The summed E-state index contributed by atoms with van der Waals surface area (Å²) >= 11 is 0. The lowest BCUT2D eigenvalue weighted by molar-refractivity contribution is -0.126. The van der Waals surface area contributed by atoms with Crippen LogP contribution in [-0.4, -0.2) is 45.6 Å². The van der Waals surface area contributed by atoms with Crippen LogP contribution in [0.15, 0.2) is 4.52 Å². The van der Waals surface area contributed by atoms with E-state index in [2.05, 4.69) is 32.6 Å². The number of piperidine rings is 1. The molecule has 2 aliphatic heterocycles. The van der Waals surface area contributed by atoms with Gasteiger partial charge in [-0.1, -0.05) is 5.16 Å². The van der Waals surface area contributed by atoms with Crippen molar-refractivity contribution in [3.8, 4) is 0 Å². The third-order valence-corrected chi connectivity index (χ3v) is 5.65. The molecule has 8 nitrogen and oxygen atoms in total. The topological polar surface area (TPSA) is 100 Å². The summed E-state index contributed by atoms with van der Waals surface area (Å²) in [5.74, 6) is 1.76. The Morgan fingerprint density at radius 3 is 2.79 bits per heavy atom. The van der Waals surface area contributed by atoms with Crippen molar-refractivity contribution in [3.63, 3.8) is 0 Å². The second kappa shape index (κ2) is 5.54. The Hall–Kier alpha value is -1.96. The molecule has 2 saturated heterocycles. The molecule has 1 aliphatic carbocycles. The standard InChI is InChI=1S/C16H23N5O3/c1-9(13-17-12(20-24-13)10-5-6-10)21-7-3-4-11(8-21)16(2)14(22)18-15(23)19-16/h9-11H,3-8H2,1-2H3,(H2,18,19,22,23)/t9-,11-,16+/m1/s1. The lowest BCUT2D eigenvalue weighted by atomic mass is 9.79. The van der Waals surface area contributed by atoms with Crippen molar-refractivity contribution in [1.82, 2.24) is 25.7 Å². The fourth-order valence-electron chi connectivity index (χ4n) is 3.75. The quantitative estimate of drug-likeness (QED) is 0.806. The summed E-state index contributed by atoms with van der Waals surface area (Å²) in [6.45, 7) is 5.50. The molecule has 3 amide bonds. The highest BCUT2D eigenvalue weighted by atomic mass is 16.5. The molecule has 0 unspecified atom stereocenters. The van der Waals surface area contributed by atoms with E-state index in [4.69, 9.17) is 4.52 Å². The number of nitrogens with zero attached hydrogens (tertiary/aromatic N) is 3. The summed E-state index contributed by atoms with van der Waals surface area (Å²) in [6, 6.07) is -0.393. The number of rotatable bonds is 4. The Morgan fingerprint density at radius 1 is 1.33 bits per heavy atom. The third-order valence-electron chi connectivity index (χ3n) is 5.65. The maximum Gasteiger partial charge on any atom is 0.322 e. The Bertz CT molecular complexity index is 670. The van der Waals surface area contributed by atoms with Crippen LogP contribution in [0.5, 0.6) is 0 Å². The largest absolute Gasteiger partial charge is 0.338 e. The average Bonchev–Trinajstić information content (AvgIpc) is 3.24. The normalized spacial score (nSPS) is 32.5. The number of carbonyl (C=O) groups excluding carboxylic acids is 2.